The van der Waals surface area contributed by atoms with E-state index in [-0.39, 0.29) is 0 Å². The zero-order chi connectivity index (χ0) is 12.0. The van der Waals surface area contributed by atoms with Crippen molar-refractivity contribution in [1.82, 2.24) is 4.98 Å². The number of nitrogens with zero attached hydrogens (tertiary/aromatic N) is 1. The van der Waals surface area contributed by atoms with Crippen LogP contribution in [0.3, 0.4) is 0 Å². The number of aromatic nitrogens is 1. The van der Waals surface area contributed by atoms with Crippen LogP contribution in [0.2, 0.25) is 5.02 Å². The molecule has 16 heavy (non-hydrogen) atoms. The van der Waals surface area contributed by atoms with Gasteiger partial charge in [-0.3, -0.25) is 9.78 Å². The minimum atomic E-state index is -0.804. The Morgan fingerprint density at radius 1 is 1.62 bits per heavy atom. The summed E-state index contributed by atoms with van der Waals surface area (Å²) in [4.78, 5) is 14.9. The number of pyridine rings is 1. The average molecular weight is 243 g/mol. The Kier molecular flexibility index (Phi) is 5.22. The van der Waals surface area contributed by atoms with E-state index in [0.717, 1.165) is 5.56 Å². The third kappa shape index (κ3) is 3.79. The number of rotatable bonds is 6. The second kappa shape index (κ2) is 6.45. The molecule has 0 saturated carbocycles. The number of carboxylic acid groups (broad SMARTS) is 1. The highest BCUT2D eigenvalue weighted by Gasteiger charge is 2.18. The van der Waals surface area contributed by atoms with E-state index in [1.807, 2.05) is 0 Å². The van der Waals surface area contributed by atoms with Crippen molar-refractivity contribution in [1.29, 1.82) is 0 Å². The molecule has 0 saturated heterocycles. The van der Waals surface area contributed by atoms with Crippen LogP contribution in [0.5, 0.6) is 0 Å². The monoisotopic (exact) mass is 242 g/mol. The number of carboxylic acids is 1. The molecular weight excluding hydrogens is 228 g/mol. The summed E-state index contributed by atoms with van der Waals surface area (Å²) in [6.45, 7) is 0.508. The van der Waals surface area contributed by atoms with Gasteiger partial charge in [-0.05, 0) is 37.4 Å². The molecular formula is C11H15ClN2O2. The Bertz CT molecular complexity index is 358. The summed E-state index contributed by atoms with van der Waals surface area (Å²) < 4.78 is 0. The van der Waals surface area contributed by atoms with Crippen molar-refractivity contribution >= 4 is 17.6 Å². The molecule has 1 atom stereocenters. The fourth-order valence-electron chi connectivity index (χ4n) is 1.51. The maximum absolute atomic E-state index is 11.0. The van der Waals surface area contributed by atoms with Crippen LogP contribution < -0.4 is 5.73 Å². The summed E-state index contributed by atoms with van der Waals surface area (Å²) >= 11 is 5.93. The van der Waals surface area contributed by atoms with Crippen molar-refractivity contribution in [2.45, 2.75) is 19.3 Å². The van der Waals surface area contributed by atoms with Crippen LogP contribution in [0.1, 0.15) is 18.4 Å². The molecule has 1 rings (SSSR count). The van der Waals surface area contributed by atoms with E-state index in [9.17, 15) is 4.79 Å². The molecule has 0 amide bonds. The van der Waals surface area contributed by atoms with Gasteiger partial charge in [0, 0.05) is 12.4 Å². The zero-order valence-electron chi connectivity index (χ0n) is 8.90. The van der Waals surface area contributed by atoms with Crippen LogP contribution in [0.25, 0.3) is 0 Å². The highest BCUT2D eigenvalue weighted by Crippen LogP contribution is 2.20. The molecule has 0 aliphatic rings. The maximum Gasteiger partial charge on any atom is 0.306 e. The molecule has 0 aliphatic carbocycles. The Morgan fingerprint density at radius 2 is 2.38 bits per heavy atom. The Morgan fingerprint density at radius 3 is 2.94 bits per heavy atom. The molecule has 4 nitrogen and oxygen atoms in total. The SMILES string of the molecule is NCCCC(Cc1ccncc1Cl)C(=O)O. The van der Waals surface area contributed by atoms with E-state index in [0.29, 0.717) is 30.8 Å². The largest absolute Gasteiger partial charge is 0.481 e. The van der Waals surface area contributed by atoms with Gasteiger partial charge in [0.25, 0.3) is 0 Å². The summed E-state index contributed by atoms with van der Waals surface area (Å²) in [5.41, 5.74) is 6.19. The van der Waals surface area contributed by atoms with E-state index in [4.69, 9.17) is 22.4 Å². The van der Waals surface area contributed by atoms with Gasteiger partial charge < -0.3 is 10.8 Å². The van der Waals surface area contributed by atoms with Gasteiger partial charge in [0.15, 0.2) is 0 Å². The predicted molar refractivity (Wildman–Crippen MR) is 62.4 cm³/mol. The zero-order valence-corrected chi connectivity index (χ0v) is 9.65. The highest BCUT2D eigenvalue weighted by molar-refractivity contribution is 6.31. The first-order chi connectivity index (χ1) is 7.65. The maximum atomic E-state index is 11.0. The summed E-state index contributed by atoms with van der Waals surface area (Å²) in [6.07, 6.45) is 4.85. The van der Waals surface area contributed by atoms with Gasteiger partial charge in [-0.2, -0.15) is 0 Å². The molecule has 1 aromatic rings. The number of halogens is 1. The lowest BCUT2D eigenvalue weighted by Gasteiger charge is -2.12. The molecule has 1 aromatic heterocycles. The topological polar surface area (TPSA) is 76.2 Å². The van der Waals surface area contributed by atoms with Crippen LogP contribution in [0.15, 0.2) is 18.5 Å². The lowest BCUT2D eigenvalue weighted by Crippen LogP contribution is -2.18. The molecule has 88 valence electrons. The van der Waals surface area contributed by atoms with E-state index in [1.54, 1.807) is 12.3 Å². The molecule has 1 unspecified atom stereocenters. The molecule has 1 heterocycles. The second-order valence-corrected chi connectivity index (χ2v) is 4.04. The first-order valence-corrected chi connectivity index (χ1v) is 5.54. The third-order valence-corrected chi connectivity index (χ3v) is 2.77. The molecule has 3 N–H and O–H groups in total. The molecule has 0 aliphatic heterocycles. The number of hydrogen-bond donors (Lipinski definition) is 2. The van der Waals surface area contributed by atoms with Crippen LogP contribution in [-0.4, -0.2) is 22.6 Å². The van der Waals surface area contributed by atoms with Crippen LogP contribution >= 0.6 is 11.6 Å². The van der Waals surface area contributed by atoms with Gasteiger partial charge in [0.05, 0.1) is 10.9 Å². The van der Waals surface area contributed by atoms with E-state index in [1.165, 1.54) is 6.20 Å². The van der Waals surface area contributed by atoms with Crippen molar-refractivity contribution < 1.29 is 9.90 Å². The number of nitrogens with two attached hydrogens (primary N) is 1. The molecule has 0 radical (unpaired) electrons. The predicted octanol–water partition coefficient (Wildman–Crippen LogP) is 1.72. The average Bonchev–Trinajstić information content (AvgIpc) is 2.26. The van der Waals surface area contributed by atoms with Crippen molar-refractivity contribution in [2.24, 2.45) is 11.7 Å². The quantitative estimate of drug-likeness (QED) is 0.796. The van der Waals surface area contributed by atoms with Gasteiger partial charge in [0.1, 0.15) is 0 Å². The van der Waals surface area contributed by atoms with E-state index in [2.05, 4.69) is 4.98 Å². The standard InChI is InChI=1S/C11H15ClN2O2/c12-10-7-14-5-3-8(10)6-9(11(15)16)2-1-4-13/h3,5,7,9H,1-2,4,6,13H2,(H,15,16). The van der Waals surface area contributed by atoms with E-state index < -0.39 is 11.9 Å². The Hall–Kier alpha value is -1.13. The summed E-state index contributed by atoms with van der Waals surface area (Å²) in [6, 6.07) is 1.75. The minimum absolute atomic E-state index is 0.427. The lowest BCUT2D eigenvalue weighted by atomic mass is 9.95. The van der Waals surface area contributed by atoms with Gasteiger partial charge >= 0.3 is 5.97 Å². The summed E-state index contributed by atoms with van der Waals surface area (Å²) in [5, 5.41) is 9.57. The van der Waals surface area contributed by atoms with E-state index >= 15 is 0 Å². The van der Waals surface area contributed by atoms with Crippen molar-refractivity contribution in [3.8, 4) is 0 Å². The van der Waals surface area contributed by atoms with Gasteiger partial charge in [0.2, 0.25) is 0 Å². The first-order valence-electron chi connectivity index (χ1n) is 5.16. The number of carbonyl (C=O) groups is 1. The fourth-order valence-corrected chi connectivity index (χ4v) is 1.71. The molecule has 0 aromatic carbocycles. The van der Waals surface area contributed by atoms with Crippen LogP contribution in [0.4, 0.5) is 0 Å². The Balaban J connectivity index is 2.68. The molecule has 0 bridgehead atoms. The number of hydrogen-bond acceptors (Lipinski definition) is 3. The second-order valence-electron chi connectivity index (χ2n) is 3.64. The number of aliphatic carboxylic acids is 1. The minimum Gasteiger partial charge on any atom is -0.481 e. The highest BCUT2D eigenvalue weighted by atomic mass is 35.5. The van der Waals surface area contributed by atoms with Crippen LogP contribution in [0, 0.1) is 5.92 Å². The molecule has 5 heteroatoms. The lowest BCUT2D eigenvalue weighted by molar-refractivity contribution is -0.141. The van der Waals surface area contributed by atoms with Gasteiger partial charge in [-0.25, -0.2) is 0 Å². The van der Waals surface area contributed by atoms with Crippen molar-refractivity contribution in [3.63, 3.8) is 0 Å². The summed E-state index contributed by atoms with van der Waals surface area (Å²) in [5.74, 6) is -1.23. The van der Waals surface area contributed by atoms with Crippen LogP contribution in [-0.2, 0) is 11.2 Å². The smallest absolute Gasteiger partial charge is 0.306 e. The summed E-state index contributed by atoms with van der Waals surface area (Å²) in [7, 11) is 0. The van der Waals surface area contributed by atoms with Gasteiger partial charge in [-0.15, -0.1) is 0 Å². The van der Waals surface area contributed by atoms with Gasteiger partial charge in [-0.1, -0.05) is 11.6 Å². The normalized spacial score (nSPS) is 12.4. The fraction of sp³-hybridized carbons (Fsp3) is 0.455. The van der Waals surface area contributed by atoms with Crippen molar-refractivity contribution in [3.05, 3.63) is 29.0 Å². The first kappa shape index (κ1) is 12.9. The molecule has 0 spiro atoms. The van der Waals surface area contributed by atoms with Crippen molar-refractivity contribution in [2.75, 3.05) is 6.54 Å². The molecule has 0 fully saturated rings. The Labute approximate surface area is 99.4 Å². The third-order valence-electron chi connectivity index (χ3n) is 2.43.